The Kier molecular flexibility index (Phi) is 6.31. The van der Waals surface area contributed by atoms with Crippen molar-refractivity contribution in [3.05, 3.63) is 65.5 Å². The average molecular weight is 353 g/mol. The summed E-state index contributed by atoms with van der Waals surface area (Å²) in [7, 11) is 1.61. The highest BCUT2D eigenvalue weighted by atomic mass is 32.2. The van der Waals surface area contributed by atoms with E-state index in [1.165, 1.54) is 28.8 Å². The minimum Gasteiger partial charge on any atom is -0.339 e. The van der Waals surface area contributed by atoms with Crippen LogP contribution in [-0.2, 0) is 4.79 Å². The molecule has 2 rings (SSSR count). The summed E-state index contributed by atoms with van der Waals surface area (Å²) >= 11 is 1.27. The summed E-state index contributed by atoms with van der Waals surface area (Å²) in [4.78, 5) is 14.2. The van der Waals surface area contributed by atoms with Crippen LogP contribution in [0.15, 0.2) is 47.4 Å². The summed E-state index contributed by atoms with van der Waals surface area (Å²) in [5.74, 6) is -1.86. The fourth-order valence-electron chi connectivity index (χ4n) is 2.20. The quantitative estimate of drug-likeness (QED) is 0.695. The molecule has 0 spiro atoms. The minimum absolute atomic E-state index is 0.143. The predicted octanol–water partition coefficient (Wildman–Crippen LogP) is 4.81. The van der Waals surface area contributed by atoms with Crippen LogP contribution in [0.4, 0.5) is 13.2 Å². The van der Waals surface area contributed by atoms with Crippen LogP contribution in [0.5, 0.6) is 0 Å². The van der Waals surface area contributed by atoms with Crippen molar-refractivity contribution in [2.45, 2.75) is 24.3 Å². The smallest absolute Gasteiger partial charge is 0.223 e. The first-order valence-corrected chi connectivity index (χ1v) is 8.46. The normalized spacial score (nSPS) is 12.0. The number of nitrogens with zero attached hydrogens (tertiary/aromatic N) is 1. The van der Waals surface area contributed by atoms with E-state index in [1.807, 2.05) is 0 Å². The van der Waals surface area contributed by atoms with Gasteiger partial charge in [-0.15, -0.1) is 11.8 Å². The van der Waals surface area contributed by atoms with Crippen LogP contribution >= 0.6 is 11.8 Å². The summed E-state index contributed by atoms with van der Waals surface area (Å²) in [5.41, 5.74) is 0.520. The van der Waals surface area contributed by atoms with Crippen LogP contribution in [0.25, 0.3) is 0 Å². The van der Waals surface area contributed by atoms with Crippen LogP contribution in [-0.4, -0.2) is 23.6 Å². The summed E-state index contributed by atoms with van der Waals surface area (Å²) in [6.07, 6.45) is 0.226. The van der Waals surface area contributed by atoms with Crippen LogP contribution in [0, 0.1) is 17.5 Å². The number of halogens is 3. The van der Waals surface area contributed by atoms with Crippen LogP contribution in [0.3, 0.4) is 0 Å². The molecule has 1 atom stereocenters. The number of carbonyl (C=O) groups is 1. The highest BCUT2D eigenvalue weighted by Gasteiger charge is 2.18. The molecule has 0 aromatic heterocycles. The molecule has 0 N–H and O–H groups in total. The Morgan fingerprint density at radius 2 is 1.79 bits per heavy atom. The fraction of sp³-hybridized carbons (Fsp3) is 0.278. The molecule has 0 heterocycles. The van der Waals surface area contributed by atoms with Gasteiger partial charge in [-0.25, -0.2) is 13.2 Å². The van der Waals surface area contributed by atoms with E-state index in [9.17, 15) is 18.0 Å². The number of hydrogen-bond donors (Lipinski definition) is 0. The Hall–Kier alpha value is -1.95. The van der Waals surface area contributed by atoms with E-state index in [4.69, 9.17) is 0 Å². The van der Waals surface area contributed by atoms with E-state index in [0.717, 1.165) is 12.1 Å². The third-order valence-corrected chi connectivity index (χ3v) is 4.86. The van der Waals surface area contributed by atoms with Crippen LogP contribution < -0.4 is 0 Å². The van der Waals surface area contributed by atoms with Crippen molar-refractivity contribution in [1.82, 2.24) is 4.90 Å². The second kappa shape index (κ2) is 8.24. The van der Waals surface area contributed by atoms with E-state index in [1.54, 1.807) is 32.2 Å². The number of rotatable bonds is 6. The maximum Gasteiger partial charge on any atom is 0.223 e. The average Bonchev–Trinajstić information content (AvgIpc) is 2.57. The lowest BCUT2D eigenvalue weighted by Crippen LogP contribution is -2.30. The van der Waals surface area contributed by atoms with Gasteiger partial charge in [0, 0.05) is 24.1 Å². The minimum atomic E-state index is -0.935. The number of carbonyl (C=O) groups excluding carboxylic acids is 1. The van der Waals surface area contributed by atoms with Crippen molar-refractivity contribution in [1.29, 1.82) is 0 Å². The number of amides is 1. The van der Waals surface area contributed by atoms with Gasteiger partial charge < -0.3 is 4.90 Å². The zero-order valence-electron chi connectivity index (χ0n) is 13.4. The van der Waals surface area contributed by atoms with Crippen molar-refractivity contribution in [3.63, 3.8) is 0 Å². The number of thioether (sulfide) groups is 1. The van der Waals surface area contributed by atoms with Crippen LogP contribution in [0.1, 0.15) is 24.9 Å². The van der Waals surface area contributed by atoms with Crippen molar-refractivity contribution in [2.75, 3.05) is 12.8 Å². The van der Waals surface area contributed by atoms with Gasteiger partial charge in [-0.05, 0) is 36.8 Å². The summed E-state index contributed by atoms with van der Waals surface area (Å²) in [6.45, 7) is 1.74. The lowest BCUT2D eigenvalue weighted by atomic mass is 10.1. The Morgan fingerprint density at radius 1 is 1.08 bits per heavy atom. The molecule has 128 valence electrons. The molecule has 0 saturated carbocycles. The van der Waals surface area contributed by atoms with Crippen LogP contribution in [0.2, 0.25) is 0 Å². The first-order valence-electron chi connectivity index (χ1n) is 7.48. The van der Waals surface area contributed by atoms with Crippen molar-refractivity contribution < 1.29 is 18.0 Å². The standard InChI is InChI=1S/C18H18F3NOS/c1-12(13-7-8-14(19)16(21)11-13)22(2)18(23)9-10-24-17-6-4-3-5-15(17)20/h3-8,11-12H,9-10H2,1-2H3. The van der Waals surface area contributed by atoms with Gasteiger partial charge in [-0.2, -0.15) is 0 Å². The highest BCUT2D eigenvalue weighted by Crippen LogP contribution is 2.24. The van der Waals surface area contributed by atoms with Crippen molar-refractivity contribution in [3.8, 4) is 0 Å². The Bertz CT molecular complexity index is 723. The molecule has 6 heteroatoms. The molecule has 0 radical (unpaired) electrons. The number of benzene rings is 2. The molecule has 0 bridgehead atoms. The second-order valence-electron chi connectivity index (χ2n) is 5.38. The van der Waals surface area contributed by atoms with Gasteiger partial charge in [0.25, 0.3) is 0 Å². The van der Waals surface area contributed by atoms with Gasteiger partial charge in [0.05, 0.1) is 6.04 Å². The Balaban J connectivity index is 1.91. The van der Waals surface area contributed by atoms with E-state index < -0.39 is 11.6 Å². The molecule has 0 fully saturated rings. The first-order chi connectivity index (χ1) is 11.4. The molecule has 0 aliphatic carbocycles. The summed E-state index contributed by atoms with van der Waals surface area (Å²) < 4.78 is 39.8. The maximum absolute atomic E-state index is 13.5. The zero-order valence-corrected chi connectivity index (χ0v) is 14.2. The van der Waals surface area contributed by atoms with Gasteiger partial charge in [0.2, 0.25) is 5.91 Å². The monoisotopic (exact) mass is 353 g/mol. The molecule has 2 aromatic carbocycles. The highest BCUT2D eigenvalue weighted by molar-refractivity contribution is 7.99. The Morgan fingerprint density at radius 3 is 2.46 bits per heavy atom. The van der Waals surface area contributed by atoms with E-state index in [-0.39, 0.29) is 24.2 Å². The maximum atomic E-state index is 13.5. The predicted molar refractivity (Wildman–Crippen MR) is 89.3 cm³/mol. The third-order valence-electron chi connectivity index (χ3n) is 3.81. The molecule has 1 amide bonds. The van der Waals surface area contributed by atoms with Gasteiger partial charge in [-0.3, -0.25) is 4.79 Å². The molecular weight excluding hydrogens is 335 g/mol. The van der Waals surface area contributed by atoms with Gasteiger partial charge in [-0.1, -0.05) is 18.2 Å². The molecule has 24 heavy (non-hydrogen) atoms. The Labute approximate surface area is 143 Å². The van der Waals surface area contributed by atoms with Crippen molar-refractivity contribution in [2.24, 2.45) is 0 Å². The summed E-state index contributed by atoms with van der Waals surface area (Å²) in [5, 5.41) is 0. The third kappa shape index (κ3) is 4.54. The second-order valence-corrected chi connectivity index (χ2v) is 6.52. The first kappa shape index (κ1) is 18.4. The van der Waals surface area contributed by atoms with E-state index in [2.05, 4.69) is 0 Å². The molecule has 0 aliphatic rings. The van der Waals surface area contributed by atoms with Gasteiger partial charge in [0.1, 0.15) is 5.82 Å². The molecule has 1 unspecified atom stereocenters. The SMILES string of the molecule is CC(c1ccc(F)c(F)c1)N(C)C(=O)CCSc1ccccc1F. The molecule has 0 saturated heterocycles. The van der Waals surface area contributed by atoms with Gasteiger partial charge in [0.15, 0.2) is 11.6 Å². The lowest BCUT2D eigenvalue weighted by Gasteiger charge is -2.25. The van der Waals surface area contributed by atoms with E-state index in [0.29, 0.717) is 16.2 Å². The van der Waals surface area contributed by atoms with Gasteiger partial charge >= 0.3 is 0 Å². The van der Waals surface area contributed by atoms with Crippen molar-refractivity contribution >= 4 is 17.7 Å². The molecule has 2 aromatic rings. The zero-order chi connectivity index (χ0) is 17.7. The molecule has 0 aliphatic heterocycles. The lowest BCUT2D eigenvalue weighted by molar-refractivity contribution is -0.131. The van der Waals surface area contributed by atoms with E-state index >= 15 is 0 Å². The fourth-order valence-corrected chi connectivity index (χ4v) is 3.08. The molecular formula is C18H18F3NOS. The topological polar surface area (TPSA) is 20.3 Å². The number of hydrogen-bond acceptors (Lipinski definition) is 2. The molecule has 2 nitrogen and oxygen atoms in total. The summed E-state index contributed by atoms with van der Waals surface area (Å²) in [6, 6.07) is 9.61. The largest absolute Gasteiger partial charge is 0.339 e.